The molecule has 3 rings (SSSR count). The molecule has 0 unspecified atom stereocenters. The highest BCUT2D eigenvalue weighted by Crippen LogP contribution is 2.41. The molecule has 1 nitrogen and oxygen atoms in total. The average Bonchev–Trinajstić information content (AvgIpc) is 3.17. The van der Waals surface area contributed by atoms with Crippen LogP contribution < -0.4 is 5.19 Å². The summed E-state index contributed by atoms with van der Waals surface area (Å²) < 4.78 is 5.88. The molecule has 0 bridgehead atoms. The van der Waals surface area contributed by atoms with Crippen LogP contribution in [0.25, 0.3) is 0 Å². The summed E-state index contributed by atoms with van der Waals surface area (Å²) in [4.78, 5) is 0. The van der Waals surface area contributed by atoms with Crippen molar-refractivity contribution in [3.63, 3.8) is 0 Å². The maximum atomic E-state index is 5.88. The maximum Gasteiger partial charge on any atom is 0.0911 e. The molecule has 0 N–H and O–H groups in total. The molecule has 2 aromatic rings. The molecule has 0 spiro atoms. The van der Waals surface area contributed by atoms with Gasteiger partial charge in [-0.1, -0.05) is 78.9 Å². The minimum absolute atomic E-state index is 0.388. The van der Waals surface area contributed by atoms with E-state index in [1.54, 1.807) is 0 Å². The highest BCUT2D eigenvalue weighted by molar-refractivity contribution is 6.91. The third-order valence-electron chi connectivity index (χ3n) is 4.54. The molecule has 1 fully saturated rings. The van der Waals surface area contributed by atoms with E-state index in [-0.39, 0.29) is 0 Å². The quantitative estimate of drug-likeness (QED) is 0.615. The first-order valence-electron chi connectivity index (χ1n) is 7.36. The average molecular weight is 282 g/mol. The third-order valence-corrected chi connectivity index (χ3v) is 8.58. The molecule has 104 valence electrons. The SMILES string of the molecule is C[C@H]1O[C@@H]1[C@H](c1ccccc1)[Si](C)(C)c1ccccc1. The van der Waals surface area contributed by atoms with E-state index in [1.807, 2.05) is 0 Å². The standard InChI is InChI=1S/C18H22OSi/c1-14-17(19-14)18(15-10-6-4-7-11-15)20(2,3)16-12-8-5-9-13-16/h4-14,17-18H,1-3H3/t14-,17+,18+/m1/s1. The monoisotopic (exact) mass is 282 g/mol. The largest absolute Gasteiger partial charge is 0.370 e. The van der Waals surface area contributed by atoms with Crippen LogP contribution in [0.4, 0.5) is 0 Å². The van der Waals surface area contributed by atoms with Crippen LogP contribution in [0.5, 0.6) is 0 Å². The maximum absolute atomic E-state index is 5.88. The van der Waals surface area contributed by atoms with Crippen LogP contribution in [0.1, 0.15) is 18.0 Å². The second kappa shape index (κ2) is 5.19. The van der Waals surface area contributed by atoms with Gasteiger partial charge in [0.1, 0.15) is 0 Å². The number of epoxide rings is 1. The second-order valence-corrected chi connectivity index (χ2v) is 10.9. The van der Waals surface area contributed by atoms with Crippen LogP contribution in [0.2, 0.25) is 13.1 Å². The zero-order valence-electron chi connectivity index (χ0n) is 12.4. The summed E-state index contributed by atoms with van der Waals surface area (Å²) in [6.07, 6.45) is 0.787. The summed E-state index contributed by atoms with van der Waals surface area (Å²) in [5.74, 6) is 0. The molecule has 1 aliphatic heterocycles. The molecule has 0 aliphatic carbocycles. The Hall–Kier alpha value is -1.38. The van der Waals surface area contributed by atoms with Crippen molar-refractivity contribution in [2.75, 3.05) is 0 Å². The van der Waals surface area contributed by atoms with Crippen LogP contribution in [0, 0.1) is 0 Å². The predicted octanol–water partition coefficient (Wildman–Crippen LogP) is 3.71. The summed E-state index contributed by atoms with van der Waals surface area (Å²) in [6.45, 7) is 7.12. The van der Waals surface area contributed by atoms with Crippen molar-refractivity contribution < 1.29 is 4.74 Å². The van der Waals surface area contributed by atoms with Crippen LogP contribution >= 0.6 is 0 Å². The molecule has 2 aromatic carbocycles. The Balaban J connectivity index is 2.02. The molecule has 0 saturated carbocycles. The summed E-state index contributed by atoms with van der Waals surface area (Å²) in [5, 5.41) is 1.51. The fraction of sp³-hybridized carbons (Fsp3) is 0.333. The Labute approximate surface area is 122 Å². The molecule has 2 heteroatoms. The van der Waals surface area contributed by atoms with Crippen molar-refractivity contribution in [3.8, 4) is 0 Å². The molecule has 0 radical (unpaired) electrons. The van der Waals surface area contributed by atoms with E-state index in [4.69, 9.17) is 4.74 Å². The first kappa shape index (κ1) is 13.6. The molecule has 3 atom stereocenters. The van der Waals surface area contributed by atoms with Gasteiger partial charge in [-0.2, -0.15) is 0 Å². The lowest BCUT2D eigenvalue weighted by molar-refractivity contribution is 0.372. The van der Waals surface area contributed by atoms with Gasteiger partial charge in [0.2, 0.25) is 0 Å². The third kappa shape index (κ3) is 2.46. The van der Waals surface area contributed by atoms with Crippen LogP contribution in [0.3, 0.4) is 0 Å². The van der Waals surface area contributed by atoms with Crippen molar-refractivity contribution in [2.45, 2.75) is 37.8 Å². The van der Waals surface area contributed by atoms with Gasteiger partial charge in [-0.15, -0.1) is 0 Å². The number of benzene rings is 2. The lowest BCUT2D eigenvalue weighted by Crippen LogP contribution is -2.50. The first-order valence-corrected chi connectivity index (χ1v) is 10.4. The molecule has 20 heavy (non-hydrogen) atoms. The molecule has 1 heterocycles. The molecule has 1 saturated heterocycles. The summed E-state index contributed by atoms with van der Waals surface area (Å²) in [5.41, 5.74) is 1.96. The van der Waals surface area contributed by atoms with Gasteiger partial charge in [0, 0.05) is 5.54 Å². The van der Waals surface area contributed by atoms with E-state index in [2.05, 4.69) is 80.7 Å². The number of hydrogen-bond donors (Lipinski definition) is 0. The predicted molar refractivity (Wildman–Crippen MR) is 87.1 cm³/mol. The van der Waals surface area contributed by atoms with Gasteiger partial charge in [-0.05, 0) is 12.5 Å². The first-order chi connectivity index (χ1) is 9.60. The Bertz CT molecular complexity index is 564. The van der Waals surface area contributed by atoms with E-state index in [0.717, 1.165) is 0 Å². The highest BCUT2D eigenvalue weighted by Gasteiger charge is 2.50. The lowest BCUT2D eigenvalue weighted by atomic mass is 10.1. The summed E-state index contributed by atoms with van der Waals surface area (Å²) in [7, 11) is -1.62. The van der Waals surface area contributed by atoms with Crippen LogP contribution in [-0.2, 0) is 4.74 Å². The molecule has 0 aromatic heterocycles. The number of hydrogen-bond acceptors (Lipinski definition) is 1. The van der Waals surface area contributed by atoms with E-state index >= 15 is 0 Å². The van der Waals surface area contributed by atoms with Crippen molar-refractivity contribution in [1.29, 1.82) is 0 Å². The Morgan fingerprint density at radius 2 is 1.40 bits per heavy atom. The van der Waals surface area contributed by atoms with E-state index in [0.29, 0.717) is 17.7 Å². The molecule has 0 amide bonds. The van der Waals surface area contributed by atoms with Crippen molar-refractivity contribution in [2.24, 2.45) is 0 Å². The zero-order chi connectivity index (χ0) is 14.2. The second-order valence-electron chi connectivity index (χ2n) is 6.28. The molecular weight excluding hydrogens is 260 g/mol. The van der Waals surface area contributed by atoms with Gasteiger partial charge in [0.15, 0.2) is 0 Å². The summed E-state index contributed by atoms with van der Waals surface area (Å²) >= 11 is 0. The van der Waals surface area contributed by atoms with Crippen LogP contribution in [-0.4, -0.2) is 20.3 Å². The van der Waals surface area contributed by atoms with Crippen LogP contribution in [0.15, 0.2) is 60.7 Å². The van der Waals surface area contributed by atoms with Gasteiger partial charge >= 0.3 is 0 Å². The molecular formula is C18H22OSi. The van der Waals surface area contributed by atoms with Gasteiger partial charge in [0.05, 0.1) is 20.3 Å². The fourth-order valence-electron chi connectivity index (χ4n) is 3.28. The normalized spacial score (nSPS) is 23.4. The zero-order valence-corrected chi connectivity index (χ0v) is 13.4. The van der Waals surface area contributed by atoms with Gasteiger partial charge < -0.3 is 4.74 Å². The van der Waals surface area contributed by atoms with Gasteiger partial charge in [-0.25, -0.2) is 0 Å². The Kier molecular flexibility index (Phi) is 3.53. The number of rotatable bonds is 4. The topological polar surface area (TPSA) is 12.5 Å². The van der Waals surface area contributed by atoms with E-state index in [1.165, 1.54) is 10.8 Å². The van der Waals surface area contributed by atoms with E-state index in [9.17, 15) is 0 Å². The highest BCUT2D eigenvalue weighted by atomic mass is 28.3. The van der Waals surface area contributed by atoms with Crippen molar-refractivity contribution in [3.05, 3.63) is 66.2 Å². The Morgan fingerprint density at radius 3 is 1.90 bits per heavy atom. The van der Waals surface area contributed by atoms with Gasteiger partial charge in [-0.3, -0.25) is 0 Å². The minimum Gasteiger partial charge on any atom is -0.370 e. The smallest absolute Gasteiger partial charge is 0.0911 e. The Morgan fingerprint density at radius 1 is 0.900 bits per heavy atom. The fourth-order valence-corrected chi connectivity index (χ4v) is 6.88. The van der Waals surface area contributed by atoms with Gasteiger partial charge in [0.25, 0.3) is 0 Å². The minimum atomic E-state index is -1.62. The summed E-state index contributed by atoms with van der Waals surface area (Å²) in [6, 6.07) is 21.9. The van der Waals surface area contributed by atoms with E-state index < -0.39 is 8.07 Å². The van der Waals surface area contributed by atoms with Crippen molar-refractivity contribution in [1.82, 2.24) is 0 Å². The number of ether oxygens (including phenoxy) is 1. The van der Waals surface area contributed by atoms with Crippen molar-refractivity contribution >= 4 is 13.3 Å². The molecule has 1 aliphatic rings. The lowest BCUT2D eigenvalue weighted by Gasteiger charge is -2.32.